The quantitative estimate of drug-likeness (QED) is 0.246. The van der Waals surface area contributed by atoms with E-state index in [0.717, 1.165) is 35.1 Å². The van der Waals surface area contributed by atoms with Crippen LogP contribution in [0.25, 0.3) is 11.1 Å². The smallest absolute Gasteiger partial charge is 0.213 e. The van der Waals surface area contributed by atoms with Crippen LogP contribution in [0.4, 0.5) is 4.39 Å². The summed E-state index contributed by atoms with van der Waals surface area (Å²) in [5.41, 5.74) is 3.66. The lowest BCUT2D eigenvalue weighted by Gasteiger charge is -2.32. The summed E-state index contributed by atoms with van der Waals surface area (Å²) >= 11 is 0. The molecule has 210 valence electrons. The highest BCUT2D eigenvalue weighted by Crippen LogP contribution is 2.50. The molecule has 1 fully saturated rings. The van der Waals surface area contributed by atoms with Crippen molar-refractivity contribution in [3.63, 3.8) is 0 Å². The van der Waals surface area contributed by atoms with Crippen LogP contribution < -0.4 is 9.47 Å². The number of nitrogens with zero attached hydrogens (tertiary/aromatic N) is 1. The Morgan fingerprint density at radius 2 is 1.82 bits per heavy atom. The Hall–Kier alpha value is -2.73. The second-order valence-electron chi connectivity index (χ2n) is 11.6. The Balaban J connectivity index is 1.64. The molecule has 1 saturated carbocycles. The van der Waals surface area contributed by atoms with Gasteiger partial charge < -0.3 is 19.1 Å². The van der Waals surface area contributed by atoms with Crippen molar-refractivity contribution in [2.24, 2.45) is 11.3 Å². The van der Waals surface area contributed by atoms with E-state index in [1.54, 1.807) is 32.5 Å². The van der Waals surface area contributed by atoms with Crippen LogP contribution in [0.2, 0.25) is 0 Å². The second-order valence-corrected chi connectivity index (χ2v) is 14.1. The molecule has 3 aromatic rings. The van der Waals surface area contributed by atoms with Gasteiger partial charge in [-0.05, 0) is 82.7 Å². The molecule has 0 spiro atoms. The summed E-state index contributed by atoms with van der Waals surface area (Å²) in [7, 11) is 0.0680. The zero-order chi connectivity index (χ0) is 28.4. The van der Waals surface area contributed by atoms with Gasteiger partial charge in [0.25, 0.3) is 0 Å². The van der Waals surface area contributed by atoms with E-state index < -0.39 is 7.37 Å². The molecule has 4 rings (SSSR count). The van der Waals surface area contributed by atoms with Gasteiger partial charge in [-0.3, -0.25) is 4.57 Å². The molecule has 2 aromatic carbocycles. The Bertz CT molecular complexity index is 1350. The molecule has 1 aliphatic rings. The number of pyridine rings is 1. The van der Waals surface area contributed by atoms with E-state index in [-0.39, 0.29) is 36.0 Å². The van der Waals surface area contributed by atoms with Crippen LogP contribution in [0.15, 0.2) is 54.7 Å². The van der Waals surface area contributed by atoms with E-state index in [4.69, 9.17) is 14.2 Å². The number of rotatable bonds is 11. The van der Waals surface area contributed by atoms with Crippen molar-refractivity contribution < 1.29 is 28.1 Å². The Kier molecular flexibility index (Phi) is 8.85. The number of ether oxygens (including phenoxy) is 3. The highest BCUT2D eigenvalue weighted by Gasteiger charge is 2.35. The molecule has 1 N–H and O–H groups in total. The number of methoxy groups -OCH3 is 2. The molecule has 0 bridgehead atoms. The highest BCUT2D eigenvalue weighted by atomic mass is 31.2. The highest BCUT2D eigenvalue weighted by molar-refractivity contribution is 7.57. The first kappa shape index (κ1) is 29.3. The zero-order valence-corrected chi connectivity index (χ0v) is 24.5. The van der Waals surface area contributed by atoms with E-state index in [1.807, 2.05) is 30.3 Å². The summed E-state index contributed by atoms with van der Waals surface area (Å²) in [4.78, 5) is 14.4. The molecule has 0 radical (unpaired) electrons. The van der Waals surface area contributed by atoms with Crippen LogP contribution in [0.3, 0.4) is 0 Å². The number of aromatic nitrogens is 1. The first-order chi connectivity index (χ1) is 18.4. The van der Waals surface area contributed by atoms with Crippen molar-refractivity contribution >= 4 is 7.37 Å². The van der Waals surface area contributed by atoms with Crippen molar-refractivity contribution in [3.05, 3.63) is 77.2 Å². The lowest BCUT2D eigenvalue weighted by Crippen LogP contribution is -2.21. The molecule has 1 aliphatic carbocycles. The van der Waals surface area contributed by atoms with Gasteiger partial charge in [0, 0.05) is 37.8 Å². The molecular formula is C31H39FNO5P. The average Bonchev–Trinajstić information content (AvgIpc) is 3.71. The van der Waals surface area contributed by atoms with Crippen LogP contribution >= 0.6 is 7.37 Å². The van der Waals surface area contributed by atoms with Gasteiger partial charge in [-0.2, -0.15) is 0 Å². The largest absolute Gasteiger partial charge is 0.497 e. The second kappa shape index (κ2) is 11.8. The summed E-state index contributed by atoms with van der Waals surface area (Å²) in [6.07, 6.45) is 3.79. The molecule has 1 aromatic heterocycles. The predicted molar refractivity (Wildman–Crippen MR) is 152 cm³/mol. The molecule has 1 unspecified atom stereocenters. The minimum Gasteiger partial charge on any atom is -0.497 e. The third-order valence-electron chi connectivity index (χ3n) is 7.18. The summed E-state index contributed by atoms with van der Waals surface area (Å²) < 4.78 is 44.6. The first-order valence-corrected chi connectivity index (χ1v) is 15.6. The van der Waals surface area contributed by atoms with Crippen molar-refractivity contribution in [1.82, 2.24) is 4.98 Å². The Morgan fingerprint density at radius 1 is 1.08 bits per heavy atom. The van der Waals surface area contributed by atoms with Crippen molar-refractivity contribution in [3.8, 4) is 22.8 Å². The molecule has 0 saturated heterocycles. The number of halogens is 1. The van der Waals surface area contributed by atoms with Crippen LogP contribution in [0.5, 0.6) is 11.6 Å². The molecule has 6 nitrogen and oxygen atoms in total. The SMILES string of the molecule is COc1ccc(F)c(-c2ccc(COc3cc([C@@H](CP(C)(=O)O)C4CC4)ccn3)cc2[C@@H](OC)C(C)(C)C)c1. The molecule has 3 atom stereocenters. The van der Waals surface area contributed by atoms with E-state index in [1.165, 1.54) is 12.7 Å². The molecule has 39 heavy (non-hydrogen) atoms. The fourth-order valence-corrected chi connectivity index (χ4v) is 6.47. The maximum absolute atomic E-state index is 15.0. The fraction of sp³-hybridized carbons (Fsp3) is 0.452. The fourth-order valence-electron chi connectivity index (χ4n) is 5.23. The summed E-state index contributed by atoms with van der Waals surface area (Å²) in [5.74, 6) is 1.15. The average molecular weight is 556 g/mol. The Morgan fingerprint density at radius 3 is 2.44 bits per heavy atom. The van der Waals surface area contributed by atoms with Gasteiger partial charge >= 0.3 is 0 Å². The van der Waals surface area contributed by atoms with Crippen LogP contribution in [-0.4, -0.2) is 36.9 Å². The molecule has 8 heteroatoms. The van der Waals surface area contributed by atoms with Gasteiger partial charge in [-0.25, -0.2) is 9.37 Å². The van der Waals surface area contributed by atoms with Gasteiger partial charge in [-0.1, -0.05) is 32.9 Å². The third-order valence-corrected chi connectivity index (χ3v) is 8.26. The van der Waals surface area contributed by atoms with Crippen LogP contribution in [0, 0.1) is 17.2 Å². The van der Waals surface area contributed by atoms with Crippen molar-refractivity contribution in [2.75, 3.05) is 27.0 Å². The first-order valence-electron chi connectivity index (χ1n) is 13.3. The predicted octanol–water partition coefficient (Wildman–Crippen LogP) is 7.60. The molecule has 0 aliphatic heterocycles. The third kappa shape index (κ3) is 7.47. The maximum Gasteiger partial charge on any atom is 0.213 e. The Labute approximate surface area is 231 Å². The van der Waals surface area contributed by atoms with Crippen molar-refractivity contribution in [1.29, 1.82) is 0 Å². The van der Waals surface area contributed by atoms with E-state index in [9.17, 15) is 9.46 Å². The topological polar surface area (TPSA) is 77.9 Å². The molecular weight excluding hydrogens is 516 g/mol. The lowest BCUT2D eigenvalue weighted by molar-refractivity contribution is 0.0155. The van der Waals surface area contributed by atoms with Gasteiger partial charge in [0.1, 0.15) is 18.2 Å². The summed E-state index contributed by atoms with van der Waals surface area (Å²) in [5, 5.41) is 0. The normalized spacial score (nSPS) is 16.8. The van der Waals surface area contributed by atoms with E-state index in [0.29, 0.717) is 23.1 Å². The minimum absolute atomic E-state index is 0.0223. The van der Waals surface area contributed by atoms with E-state index >= 15 is 4.39 Å². The monoisotopic (exact) mass is 555 g/mol. The van der Waals surface area contributed by atoms with Crippen LogP contribution in [0.1, 0.15) is 62.3 Å². The van der Waals surface area contributed by atoms with Gasteiger partial charge in [-0.15, -0.1) is 0 Å². The van der Waals surface area contributed by atoms with Gasteiger partial charge in [0.2, 0.25) is 5.88 Å². The lowest BCUT2D eigenvalue weighted by atomic mass is 9.81. The number of benzene rings is 2. The molecule has 1 heterocycles. The van der Waals surface area contributed by atoms with E-state index in [2.05, 4.69) is 25.8 Å². The molecule has 0 amide bonds. The van der Waals surface area contributed by atoms with Gasteiger partial charge in [0.05, 0.1) is 13.2 Å². The summed E-state index contributed by atoms with van der Waals surface area (Å²) in [6, 6.07) is 14.3. The minimum atomic E-state index is -3.16. The zero-order valence-electron chi connectivity index (χ0n) is 23.6. The van der Waals surface area contributed by atoms with Crippen molar-refractivity contribution in [2.45, 2.75) is 52.2 Å². The standard InChI is InChI=1S/C31H39FNO5P/c1-31(2,3)30(37-5)26-15-20(7-11-24(26)25-17-23(36-4)10-12-28(25)32)18-38-29-16-22(13-14-33-29)27(21-8-9-21)19-39(6,34)35/h7,10-17,21,27,30H,8-9,18-19H2,1-6H3,(H,34,35)/t27-,30+/m0/s1. The maximum atomic E-state index is 15.0. The summed E-state index contributed by atoms with van der Waals surface area (Å²) in [6.45, 7) is 7.94. The number of hydrogen-bond acceptors (Lipinski definition) is 5. The van der Waals surface area contributed by atoms with Crippen LogP contribution in [-0.2, 0) is 15.9 Å². The number of hydrogen-bond donors (Lipinski definition) is 1. The van der Waals surface area contributed by atoms with Gasteiger partial charge in [0.15, 0.2) is 7.37 Å².